The van der Waals surface area contributed by atoms with Crippen LogP contribution in [-0.2, 0) is 21.7 Å². The number of pyridine rings is 3. The molecule has 118 valence electrons. The summed E-state index contributed by atoms with van der Waals surface area (Å²) in [4.78, 5) is 11.4. The Hall–Kier alpha value is -0.966. The van der Waals surface area contributed by atoms with Crippen molar-refractivity contribution >= 4 is 37.2 Å². The zero-order valence-corrected chi connectivity index (χ0v) is 15.7. The van der Waals surface area contributed by atoms with Crippen LogP contribution in [0.5, 0.6) is 0 Å². The van der Waals surface area contributed by atoms with Gasteiger partial charge in [0.05, 0.1) is 0 Å². The Morgan fingerprint density at radius 1 is 0.318 bits per heavy atom. The van der Waals surface area contributed by atoms with Crippen LogP contribution < -0.4 is 0 Å². The standard InChI is InChI=1S/3C5H5N.3ClH.Ti/c3*1-2-4-6-5-3-1;;;;/h3*1-5H;3*1H;. The summed E-state index contributed by atoms with van der Waals surface area (Å²) in [7, 11) is 0. The van der Waals surface area contributed by atoms with Gasteiger partial charge in [0.25, 0.3) is 0 Å². The Labute approximate surface area is 165 Å². The minimum absolute atomic E-state index is 0. The van der Waals surface area contributed by atoms with E-state index in [0.29, 0.717) is 0 Å². The van der Waals surface area contributed by atoms with E-state index in [1.807, 2.05) is 54.6 Å². The summed E-state index contributed by atoms with van der Waals surface area (Å²) < 4.78 is 0. The summed E-state index contributed by atoms with van der Waals surface area (Å²) in [6.45, 7) is 0. The Morgan fingerprint density at radius 2 is 0.500 bits per heavy atom. The third-order valence-corrected chi connectivity index (χ3v) is 1.70. The molecule has 3 aromatic rings. The van der Waals surface area contributed by atoms with Crippen LogP contribution in [0.15, 0.2) is 91.8 Å². The SMILES string of the molecule is Cl.Cl.Cl.[Ti].c1ccncc1.c1ccncc1.c1ccncc1. The summed E-state index contributed by atoms with van der Waals surface area (Å²) in [6, 6.07) is 17.1. The van der Waals surface area contributed by atoms with Crippen molar-refractivity contribution in [3.8, 4) is 0 Å². The minimum Gasteiger partial charge on any atom is -0.265 e. The Balaban J connectivity index is -0.000000101. The van der Waals surface area contributed by atoms with E-state index in [0.717, 1.165) is 0 Å². The van der Waals surface area contributed by atoms with Crippen LogP contribution in [0.1, 0.15) is 0 Å². The summed E-state index contributed by atoms with van der Waals surface area (Å²) in [5.41, 5.74) is 0. The van der Waals surface area contributed by atoms with E-state index in [2.05, 4.69) is 15.0 Å². The van der Waals surface area contributed by atoms with Crippen molar-refractivity contribution in [1.29, 1.82) is 0 Å². The molecule has 3 rings (SSSR count). The molecule has 0 amide bonds. The summed E-state index contributed by atoms with van der Waals surface area (Å²) >= 11 is 0. The van der Waals surface area contributed by atoms with Crippen LogP contribution in [0.2, 0.25) is 0 Å². The second-order valence-corrected chi connectivity index (χ2v) is 3.07. The zero-order valence-electron chi connectivity index (χ0n) is 11.7. The van der Waals surface area contributed by atoms with Gasteiger partial charge in [-0.25, -0.2) is 0 Å². The number of aromatic nitrogens is 3. The van der Waals surface area contributed by atoms with Crippen molar-refractivity contribution in [2.75, 3.05) is 0 Å². The summed E-state index contributed by atoms with van der Waals surface area (Å²) in [6.07, 6.45) is 10.5. The molecule has 0 aliphatic carbocycles. The van der Waals surface area contributed by atoms with Crippen molar-refractivity contribution in [2.45, 2.75) is 0 Å². The van der Waals surface area contributed by atoms with E-state index in [1.165, 1.54) is 0 Å². The number of hydrogen-bond donors (Lipinski definition) is 0. The van der Waals surface area contributed by atoms with Crippen LogP contribution >= 0.6 is 37.2 Å². The Kier molecular flexibility index (Phi) is 33.1. The first-order valence-corrected chi connectivity index (χ1v) is 5.55. The molecule has 7 heteroatoms. The van der Waals surface area contributed by atoms with Gasteiger partial charge in [0, 0.05) is 58.9 Å². The van der Waals surface area contributed by atoms with E-state index in [-0.39, 0.29) is 58.9 Å². The molecule has 0 aliphatic heterocycles. The van der Waals surface area contributed by atoms with Gasteiger partial charge in [-0.1, -0.05) is 18.2 Å². The van der Waals surface area contributed by atoms with Crippen molar-refractivity contribution in [3.63, 3.8) is 0 Å². The van der Waals surface area contributed by atoms with E-state index in [1.54, 1.807) is 37.2 Å². The van der Waals surface area contributed by atoms with Crippen molar-refractivity contribution in [2.24, 2.45) is 0 Å². The molecule has 3 nitrogen and oxygen atoms in total. The summed E-state index contributed by atoms with van der Waals surface area (Å²) in [5, 5.41) is 0. The second kappa shape index (κ2) is 25.0. The van der Waals surface area contributed by atoms with E-state index in [4.69, 9.17) is 0 Å². The van der Waals surface area contributed by atoms with Crippen molar-refractivity contribution < 1.29 is 21.7 Å². The number of nitrogens with zero attached hydrogens (tertiary/aromatic N) is 3. The first-order chi connectivity index (χ1) is 9.00. The second-order valence-electron chi connectivity index (χ2n) is 3.07. The van der Waals surface area contributed by atoms with Gasteiger partial charge < -0.3 is 0 Å². The van der Waals surface area contributed by atoms with Gasteiger partial charge in [-0.15, -0.1) is 37.2 Å². The molecule has 0 aliphatic rings. The maximum atomic E-state index is 3.78. The van der Waals surface area contributed by atoms with Gasteiger partial charge in [0.2, 0.25) is 0 Å². The molecule has 0 N–H and O–H groups in total. The van der Waals surface area contributed by atoms with E-state index in [9.17, 15) is 0 Å². The Bertz CT molecular complexity index is 321. The molecular weight excluding hydrogens is 376 g/mol. The van der Waals surface area contributed by atoms with Gasteiger partial charge in [-0.3, -0.25) is 15.0 Å². The van der Waals surface area contributed by atoms with Crippen LogP contribution in [0.25, 0.3) is 0 Å². The molecule has 22 heavy (non-hydrogen) atoms. The molecule has 0 atom stereocenters. The molecule has 0 bridgehead atoms. The maximum absolute atomic E-state index is 3.78. The number of halogens is 3. The van der Waals surface area contributed by atoms with E-state index >= 15 is 0 Å². The molecular formula is C15H18Cl3N3Ti. The molecule has 0 saturated carbocycles. The minimum atomic E-state index is 0. The molecule has 3 heterocycles. The number of hydrogen-bond acceptors (Lipinski definition) is 3. The largest absolute Gasteiger partial charge is 0.265 e. The molecule has 0 radical (unpaired) electrons. The molecule has 0 spiro atoms. The van der Waals surface area contributed by atoms with Crippen molar-refractivity contribution in [1.82, 2.24) is 15.0 Å². The molecule has 0 unspecified atom stereocenters. The molecule has 0 aromatic carbocycles. The fourth-order valence-electron chi connectivity index (χ4n) is 0.938. The fourth-order valence-corrected chi connectivity index (χ4v) is 0.938. The van der Waals surface area contributed by atoms with Gasteiger partial charge in [-0.2, -0.15) is 0 Å². The molecule has 3 aromatic heterocycles. The third kappa shape index (κ3) is 21.3. The topological polar surface area (TPSA) is 38.7 Å². The Morgan fingerprint density at radius 3 is 0.545 bits per heavy atom. The van der Waals surface area contributed by atoms with Gasteiger partial charge in [-0.05, 0) is 36.4 Å². The van der Waals surface area contributed by atoms with Crippen LogP contribution in [0, 0.1) is 0 Å². The maximum Gasteiger partial charge on any atom is 0.0267 e. The average Bonchev–Trinajstić information content (AvgIpc) is 2.54. The van der Waals surface area contributed by atoms with Crippen LogP contribution in [0.3, 0.4) is 0 Å². The predicted octanol–water partition coefficient (Wildman–Crippen LogP) is 4.51. The average molecular weight is 395 g/mol. The van der Waals surface area contributed by atoms with E-state index < -0.39 is 0 Å². The first kappa shape index (κ1) is 29.1. The fraction of sp³-hybridized carbons (Fsp3) is 0. The van der Waals surface area contributed by atoms with Gasteiger partial charge in [0.15, 0.2) is 0 Å². The summed E-state index contributed by atoms with van der Waals surface area (Å²) in [5.74, 6) is 0. The van der Waals surface area contributed by atoms with Crippen LogP contribution in [-0.4, -0.2) is 15.0 Å². The predicted molar refractivity (Wildman–Crippen MR) is 94.5 cm³/mol. The third-order valence-electron chi connectivity index (χ3n) is 1.70. The quantitative estimate of drug-likeness (QED) is 0.527. The molecule has 0 fully saturated rings. The van der Waals surface area contributed by atoms with Gasteiger partial charge in [0.1, 0.15) is 0 Å². The number of rotatable bonds is 0. The zero-order chi connectivity index (χ0) is 12.7. The van der Waals surface area contributed by atoms with Crippen molar-refractivity contribution in [3.05, 3.63) is 91.8 Å². The van der Waals surface area contributed by atoms with Gasteiger partial charge >= 0.3 is 0 Å². The molecule has 0 saturated heterocycles. The normalized spacial score (nSPS) is 6.55. The monoisotopic (exact) mass is 393 g/mol. The van der Waals surface area contributed by atoms with Crippen LogP contribution in [0.4, 0.5) is 0 Å². The first-order valence-electron chi connectivity index (χ1n) is 5.55. The smallest absolute Gasteiger partial charge is 0.0267 e.